The van der Waals surface area contributed by atoms with E-state index in [0.717, 1.165) is 11.1 Å². The van der Waals surface area contributed by atoms with Crippen molar-refractivity contribution < 1.29 is 4.74 Å². The van der Waals surface area contributed by atoms with E-state index in [4.69, 9.17) is 27.9 Å². The Morgan fingerprint density at radius 1 is 0.944 bits per heavy atom. The third kappa shape index (κ3) is 3.20. The number of rotatable bonds is 1. The van der Waals surface area contributed by atoms with Gasteiger partial charge in [-0.15, -0.1) is 0 Å². The molecule has 0 spiro atoms. The highest BCUT2D eigenvalue weighted by Crippen LogP contribution is 2.24. The highest BCUT2D eigenvalue weighted by molar-refractivity contribution is 6.32. The van der Waals surface area contributed by atoms with Crippen molar-refractivity contribution in [1.29, 1.82) is 0 Å². The molecule has 3 heteroatoms. The zero-order valence-corrected chi connectivity index (χ0v) is 11.2. The first kappa shape index (κ1) is 12.8. The number of methoxy groups -OCH3 is 1. The van der Waals surface area contributed by atoms with Gasteiger partial charge >= 0.3 is 0 Å². The Bertz CT molecular complexity index is 624. The first-order chi connectivity index (χ1) is 8.69. The molecule has 0 unspecified atom stereocenters. The summed E-state index contributed by atoms with van der Waals surface area (Å²) in [6.07, 6.45) is 0. The van der Waals surface area contributed by atoms with E-state index in [1.165, 1.54) is 0 Å². The topological polar surface area (TPSA) is 9.23 Å². The van der Waals surface area contributed by atoms with Crippen LogP contribution < -0.4 is 4.74 Å². The Morgan fingerprint density at radius 3 is 2.28 bits per heavy atom. The molecule has 0 aliphatic carbocycles. The first-order valence-corrected chi connectivity index (χ1v) is 6.06. The van der Waals surface area contributed by atoms with E-state index >= 15 is 0 Å². The minimum Gasteiger partial charge on any atom is -0.495 e. The predicted molar refractivity (Wildman–Crippen MR) is 75.4 cm³/mol. The van der Waals surface area contributed by atoms with Crippen LogP contribution in [-0.4, -0.2) is 7.11 Å². The second-order valence-electron chi connectivity index (χ2n) is 3.61. The molecule has 0 radical (unpaired) electrons. The van der Waals surface area contributed by atoms with Gasteiger partial charge in [-0.1, -0.05) is 41.1 Å². The fourth-order valence-electron chi connectivity index (χ4n) is 1.45. The van der Waals surface area contributed by atoms with Crippen LogP contribution in [0.4, 0.5) is 0 Å². The largest absolute Gasteiger partial charge is 0.495 e. The molecule has 0 aliphatic heterocycles. The van der Waals surface area contributed by atoms with Gasteiger partial charge in [0.25, 0.3) is 0 Å². The normalized spacial score (nSPS) is 9.50. The van der Waals surface area contributed by atoms with E-state index in [1.807, 2.05) is 30.3 Å². The Kier molecular flexibility index (Phi) is 4.15. The lowest BCUT2D eigenvalue weighted by atomic mass is 10.2. The second-order valence-corrected chi connectivity index (χ2v) is 4.45. The SMILES string of the molecule is COc1ccc(C#Cc2cccc(Cl)c2)cc1Cl. The smallest absolute Gasteiger partial charge is 0.137 e. The van der Waals surface area contributed by atoms with E-state index in [-0.39, 0.29) is 0 Å². The molecular formula is C15H10Cl2O. The van der Waals surface area contributed by atoms with Crippen LogP contribution in [-0.2, 0) is 0 Å². The van der Waals surface area contributed by atoms with Crippen LogP contribution in [0.3, 0.4) is 0 Å². The van der Waals surface area contributed by atoms with Crippen LogP contribution in [0.15, 0.2) is 42.5 Å². The molecular weight excluding hydrogens is 267 g/mol. The van der Waals surface area contributed by atoms with Crippen molar-refractivity contribution in [3.8, 4) is 17.6 Å². The fraction of sp³-hybridized carbons (Fsp3) is 0.0667. The molecule has 0 saturated heterocycles. The monoisotopic (exact) mass is 276 g/mol. The van der Waals surface area contributed by atoms with Gasteiger partial charge in [0.05, 0.1) is 12.1 Å². The Hall–Kier alpha value is -1.62. The Balaban J connectivity index is 2.27. The van der Waals surface area contributed by atoms with Gasteiger partial charge in [0.15, 0.2) is 0 Å². The molecule has 0 aliphatic rings. The van der Waals surface area contributed by atoms with Gasteiger partial charge < -0.3 is 4.74 Å². The minimum atomic E-state index is 0.551. The molecule has 0 fully saturated rings. The number of ether oxygens (including phenoxy) is 1. The van der Waals surface area contributed by atoms with Gasteiger partial charge in [-0.2, -0.15) is 0 Å². The average Bonchev–Trinajstić information content (AvgIpc) is 2.37. The summed E-state index contributed by atoms with van der Waals surface area (Å²) >= 11 is 11.9. The molecule has 0 bridgehead atoms. The molecule has 90 valence electrons. The van der Waals surface area contributed by atoms with Crippen LogP contribution >= 0.6 is 23.2 Å². The van der Waals surface area contributed by atoms with E-state index in [1.54, 1.807) is 19.2 Å². The molecule has 0 N–H and O–H groups in total. The Morgan fingerprint density at radius 2 is 1.67 bits per heavy atom. The van der Waals surface area contributed by atoms with Gasteiger partial charge in [0, 0.05) is 16.1 Å². The lowest BCUT2D eigenvalue weighted by Crippen LogP contribution is -1.84. The molecule has 1 nitrogen and oxygen atoms in total. The van der Waals surface area contributed by atoms with Crippen molar-refractivity contribution in [3.63, 3.8) is 0 Å². The lowest BCUT2D eigenvalue weighted by molar-refractivity contribution is 0.415. The summed E-state index contributed by atoms with van der Waals surface area (Å²) in [7, 11) is 1.58. The summed E-state index contributed by atoms with van der Waals surface area (Å²) in [5, 5.41) is 1.23. The van der Waals surface area contributed by atoms with Crippen molar-refractivity contribution in [2.45, 2.75) is 0 Å². The fourth-order valence-corrected chi connectivity index (χ4v) is 1.90. The maximum absolute atomic E-state index is 6.02. The summed E-state index contributed by atoms with van der Waals surface area (Å²) in [6.45, 7) is 0. The number of halogens is 2. The van der Waals surface area contributed by atoms with Crippen molar-refractivity contribution in [3.05, 3.63) is 63.6 Å². The Labute approximate surface area is 116 Å². The van der Waals surface area contributed by atoms with Gasteiger partial charge in [-0.05, 0) is 36.4 Å². The first-order valence-electron chi connectivity index (χ1n) is 5.30. The van der Waals surface area contributed by atoms with Crippen molar-refractivity contribution in [2.24, 2.45) is 0 Å². The number of hydrogen-bond acceptors (Lipinski definition) is 1. The van der Waals surface area contributed by atoms with Gasteiger partial charge in [0.2, 0.25) is 0 Å². The molecule has 0 amide bonds. The summed E-state index contributed by atoms with van der Waals surface area (Å²) in [6, 6.07) is 12.8. The van der Waals surface area contributed by atoms with Crippen LogP contribution in [0, 0.1) is 11.8 Å². The van der Waals surface area contributed by atoms with Crippen LogP contribution in [0.25, 0.3) is 0 Å². The molecule has 0 atom stereocenters. The highest BCUT2D eigenvalue weighted by atomic mass is 35.5. The lowest BCUT2D eigenvalue weighted by Gasteiger charge is -2.01. The predicted octanol–water partition coefficient (Wildman–Crippen LogP) is 4.40. The third-order valence-electron chi connectivity index (χ3n) is 2.33. The number of hydrogen-bond donors (Lipinski definition) is 0. The third-order valence-corrected chi connectivity index (χ3v) is 2.86. The molecule has 0 heterocycles. The van der Waals surface area contributed by atoms with Crippen LogP contribution in [0.5, 0.6) is 5.75 Å². The van der Waals surface area contributed by atoms with E-state index in [9.17, 15) is 0 Å². The molecule has 0 saturated carbocycles. The maximum atomic E-state index is 6.02. The van der Waals surface area contributed by atoms with E-state index in [2.05, 4.69) is 11.8 Å². The van der Waals surface area contributed by atoms with Gasteiger partial charge in [-0.25, -0.2) is 0 Å². The summed E-state index contributed by atoms with van der Waals surface area (Å²) in [5.74, 6) is 6.71. The highest BCUT2D eigenvalue weighted by Gasteiger charge is 1.99. The van der Waals surface area contributed by atoms with Gasteiger partial charge in [0.1, 0.15) is 5.75 Å². The van der Waals surface area contributed by atoms with Crippen LogP contribution in [0.2, 0.25) is 10.0 Å². The van der Waals surface area contributed by atoms with E-state index in [0.29, 0.717) is 15.8 Å². The zero-order chi connectivity index (χ0) is 13.0. The average molecular weight is 277 g/mol. The maximum Gasteiger partial charge on any atom is 0.137 e. The minimum absolute atomic E-state index is 0.551. The standard InChI is InChI=1S/C15H10Cl2O/c1-18-15-8-7-12(10-14(15)17)6-5-11-3-2-4-13(16)9-11/h2-4,7-10H,1H3. The van der Waals surface area contributed by atoms with Crippen molar-refractivity contribution >= 4 is 23.2 Å². The second kappa shape index (κ2) is 5.82. The molecule has 2 rings (SSSR count). The summed E-state index contributed by atoms with van der Waals surface area (Å²) in [5.41, 5.74) is 1.70. The quantitative estimate of drug-likeness (QED) is 0.702. The molecule has 2 aromatic rings. The van der Waals surface area contributed by atoms with Crippen molar-refractivity contribution in [2.75, 3.05) is 7.11 Å². The summed E-state index contributed by atoms with van der Waals surface area (Å²) in [4.78, 5) is 0. The zero-order valence-electron chi connectivity index (χ0n) is 9.71. The number of benzene rings is 2. The van der Waals surface area contributed by atoms with Crippen LogP contribution in [0.1, 0.15) is 11.1 Å². The molecule has 18 heavy (non-hydrogen) atoms. The van der Waals surface area contributed by atoms with Crippen molar-refractivity contribution in [1.82, 2.24) is 0 Å². The van der Waals surface area contributed by atoms with E-state index < -0.39 is 0 Å². The summed E-state index contributed by atoms with van der Waals surface area (Å²) < 4.78 is 5.08. The molecule has 0 aromatic heterocycles. The molecule has 2 aromatic carbocycles. The van der Waals surface area contributed by atoms with Gasteiger partial charge in [-0.3, -0.25) is 0 Å².